The Bertz CT molecular complexity index is 470. The summed E-state index contributed by atoms with van der Waals surface area (Å²) >= 11 is 0. The van der Waals surface area contributed by atoms with Crippen LogP contribution in [0, 0.1) is 11.6 Å². The fourth-order valence-corrected chi connectivity index (χ4v) is 2.87. The van der Waals surface area contributed by atoms with Crippen LogP contribution in [0.2, 0.25) is 0 Å². The minimum atomic E-state index is -3.96. The molecule has 0 aliphatic carbocycles. The zero-order valence-electron chi connectivity index (χ0n) is 9.23. The monoisotopic (exact) mass is 265 g/mol. The Morgan fingerprint density at radius 3 is 2.18 bits per heavy atom. The van der Waals surface area contributed by atoms with Gasteiger partial charge < -0.3 is 5.11 Å². The van der Waals surface area contributed by atoms with Crippen LogP contribution in [0.4, 0.5) is 8.78 Å². The van der Waals surface area contributed by atoms with Crippen molar-refractivity contribution in [2.45, 2.75) is 11.8 Å². The molecule has 0 fully saturated rings. The Morgan fingerprint density at radius 2 is 1.76 bits per heavy atom. The van der Waals surface area contributed by atoms with Gasteiger partial charge in [0.1, 0.15) is 11.6 Å². The van der Waals surface area contributed by atoms with Gasteiger partial charge in [0.25, 0.3) is 0 Å². The molecule has 0 atom stereocenters. The van der Waals surface area contributed by atoms with E-state index in [1.54, 1.807) is 6.92 Å². The van der Waals surface area contributed by atoms with Crippen molar-refractivity contribution in [1.29, 1.82) is 0 Å². The van der Waals surface area contributed by atoms with Crippen LogP contribution >= 0.6 is 0 Å². The molecule has 0 heterocycles. The van der Waals surface area contributed by atoms with Crippen molar-refractivity contribution >= 4 is 10.0 Å². The van der Waals surface area contributed by atoms with E-state index in [-0.39, 0.29) is 19.7 Å². The number of hydrogen-bond acceptors (Lipinski definition) is 3. The van der Waals surface area contributed by atoms with Crippen molar-refractivity contribution in [3.05, 3.63) is 29.8 Å². The highest BCUT2D eigenvalue weighted by Crippen LogP contribution is 2.18. The maximum atomic E-state index is 12.9. The molecule has 4 nitrogen and oxygen atoms in total. The predicted molar refractivity (Wildman–Crippen MR) is 57.9 cm³/mol. The second-order valence-corrected chi connectivity index (χ2v) is 5.26. The van der Waals surface area contributed by atoms with Crippen molar-refractivity contribution in [2.24, 2.45) is 0 Å². The first kappa shape index (κ1) is 14.0. The quantitative estimate of drug-likeness (QED) is 0.863. The largest absolute Gasteiger partial charge is 0.395 e. The number of aliphatic hydroxyl groups excluding tert-OH is 1. The highest BCUT2D eigenvalue weighted by atomic mass is 32.2. The van der Waals surface area contributed by atoms with Gasteiger partial charge in [-0.15, -0.1) is 0 Å². The second kappa shape index (κ2) is 5.52. The van der Waals surface area contributed by atoms with Gasteiger partial charge in [-0.1, -0.05) is 6.92 Å². The first-order valence-electron chi connectivity index (χ1n) is 4.99. The van der Waals surface area contributed by atoms with Crippen molar-refractivity contribution in [3.8, 4) is 0 Å². The first-order valence-corrected chi connectivity index (χ1v) is 6.43. The third-order valence-electron chi connectivity index (χ3n) is 2.18. The fraction of sp³-hybridized carbons (Fsp3) is 0.400. The minimum Gasteiger partial charge on any atom is -0.395 e. The van der Waals surface area contributed by atoms with Crippen LogP contribution in [0.25, 0.3) is 0 Å². The van der Waals surface area contributed by atoms with E-state index in [2.05, 4.69) is 0 Å². The van der Waals surface area contributed by atoms with E-state index < -0.39 is 26.6 Å². The summed E-state index contributed by atoms with van der Waals surface area (Å²) in [7, 11) is -3.96. The smallest absolute Gasteiger partial charge is 0.243 e. The molecule has 1 N–H and O–H groups in total. The summed E-state index contributed by atoms with van der Waals surface area (Å²) in [6.07, 6.45) is 0. The summed E-state index contributed by atoms with van der Waals surface area (Å²) in [5, 5.41) is 8.73. The van der Waals surface area contributed by atoms with Crippen molar-refractivity contribution < 1.29 is 22.3 Å². The predicted octanol–water partition coefficient (Wildman–Crippen LogP) is 0.968. The zero-order valence-corrected chi connectivity index (χ0v) is 10.0. The third-order valence-corrected chi connectivity index (χ3v) is 4.13. The third kappa shape index (κ3) is 3.21. The molecule has 0 spiro atoms. The molecule has 0 aliphatic rings. The molecule has 0 saturated carbocycles. The molecule has 0 aromatic heterocycles. The van der Waals surface area contributed by atoms with Gasteiger partial charge in [-0.3, -0.25) is 0 Å². The first-order chi connectivity index (χ1) is 7.91. The van der Waals surface area contributed by atoms with Crippen LogP contribution in [-0.2, 0) is 10.0 Å². The maximum absolute atomic E-state index is 12.9. The number of rotatable bonds is 5. The molecule has 0 radical (unpaired) electrons. The van der Waals surface area contributed by atoms with E-state index in [4.69, 9.17) is 5.11 Å². The molecule has 1 aromatic carbocycles. The van der Waals surface area contributed by atoms with E-state index in [0.717, 1.165) is 16.4 Å². The highest BCUT2D eigenvalue weighted by molar-refractivity contribution is 7.89. The Morgan fingerprint density at radius 1 is 1.24 bits per heavy atom. The summed E-state index contributed by atoms with van der Waals surface area (Å²) in [4.78, 5) is -0.453. The van der Waals surface area contributed by atoms with E-state index >= 15 is 0 Å². The number of nitrogens with zero attached hydrogens (tertiary/aromatic N) is 1. The lowest BCUT2D eigenvalue weighted by molar-refractivity contribution is 0.257. The van der Waals surface area contributed by atoms with Gasteiger partial charge in [0.05, 0.1) is 11.5 Å². The Labute approximate surface area is 98.5 Å². The number of sulfonamides is 1. The van der Waals surface area contributed by atoms with E-state index in [9.17, 15) is 17.2 Å². The molecule has 96 valence electrons. The summed E-state index contributed by atoms with van der Waals surface area (Å²) in [6, 6.07) is 2.10. The maximum Gasteiger partial charge on any atom is 0.243 e. The number of likely N-dealkylation sites (N-methyl/N-ethyl adjacent to an activating group) is 1. The van der Waals surface area contributed by atoms with Crippen LogP contribution in [0.5, 0.6) is 0 Å². The average Bonchev–Trinajstić information content (AvgIpc) is 2.24. The Kier molecular flexibility index (Phi) is 4.55. The Hall–Kier alpha value is -1.05. The lowest BCUT2D eigenvalue weighted by atomic mass is 10.3. The highest BCUT2D eigenvalue weighted by Gasteiger charge is 2.23. The van der Waals surface area contributed by atoms with Crippen LogP contribution in [0.1, 0.15) is 6.92 Å². The van der Waals surface area contributed by atoms with Gasteiger partial charge in [-0.2, -0.15) is 4.31 Å². The fourth-order valence-electron chi connectivity index (χ4n) is 1.39. The number of halogens is 2. The molecule has 1 rings (SSSR count). The average molecular weight is 265 g/mol. The SMILES string of the molecule is CCN(CCO)S(=O)(=O)c1cc(F)cc(F)c1. The van der Waals surface area contributed by atoms with Gasteiger partial charge in [-0.05, 0) is 12.1 Å². The van der Waals surface area contributed by atoms with Crippen LogP contribution in [-0.4, -0.2) is 37.5 Å². The van der Waals surface area contributed by atoms with Crippen LogP contribution in [0.15, 0.2) is 23.1 Å². The van der Waals surface area contributed by atoms with E-state index in [1.165, 1.54) is 0 Å². The van der Waals surface area contributed by atoms with Crippen LogP contribution in [0.3, 0.4) is 0 Å². The zero-order chi connectivity index (χ0) is 13.1. The Balaban J connectivity index is 3.20. The number of benzene rings is 1. The van der Waals surface area contributed by atoms with Crippen molar-refractivity contribution in [1.82, 2.24) is 4.31 Å². The molecule has 17 heavy (non-hydrogen) atoms. The second-order valence-electron chi connectivity index (χ2n) is 3.33. The van der Waals surface area contributed by atoms with Crippen LogP contribution < -0.4 is 0 Å². The molecule has 0 unspecified atom stereocenters. The normalized spacial score (nSPS) is 12.1. The topological polar surface area (TPSA) is 57.6 Å². The summed E-state index contributed by atoms with van der Waals surface area (Å²) in [5.74, 6) is -1.91. The summed E-state index contributed by atoms with van der Waals surface area (Å²) < 4.78 is 50.7. The van der Waals surface area contributed by atoms with Gasteiger partial charge in [0.2, 0.25) is 10.0 Å². The van der Waals surface area contributed by atoms with Gasteiger partial charge in [-0.25, -0.2) is 17.2 Å². The van der Waals surface area contributed by atoms with Crippen molar-refractivity contribution in [3.63, 3.8) is 0 Å². The molecule has 1 aromatic rings. The molecule has 0 bridgehead atoms. The van der Waals surface area contributed by atoms with Crippen molar-refractivity contribution in [2.75, 3.05) is 19.7 Å². The van der Waals surface area contributed by atoms with Gasteiger partial charge >= 0.3 is 0 Å². The molecule has 0 aliphatic heterocycles. The minimum absolute atomic E-state index is 0.112. The molecule has 0 amide bonds. The number of hydrogen-bond donors (Lipinski definition) is 1. The summed E-state index contributed by atoms with van der Waals surface area (Å²) in [5.41, 5.74) is 0. The molecule has 7 heteroatoms. The molecular weight excluding hydrogens is 252 g/mol. The van der Waals surface area contributed by atoms with Gasteiger partial charge in [0.15, 0.2) is 0 Å². The lowest BCUT2D eigenvalue weighted by Crippen LogP contribution is -2.33. The van der Waals surface area contributed by atoms with Gasteiger partial charge in [0, 0.05) is 19.2 Å². The summed E-state index contributed by atoms with van der Waals surface area (Å²) in [6.45, 7) is 1.21. The standard InChI is InChI=1S/C10H13F2NO3S/c1-2-13(3-4-14)17(15,16)10-6-8(11)5-9(12)7-10/h5-7,14H,2-4H2,1H3. The lowest BCUT2D eigenvalue weighted by Gasteiger charge is -2.19. The number of aliphatic hydroxyl groups is 1. The molecule has 0 saturated heterocycles. The van der Waals surface area contributed by atoms with E-state index in [0.29, 0.717) is 6.07 Å². The van der Waals surface area contributed by atoms with E-state index in [1.807, 2.05) is 0 Å². The molecular formula is C10H13F2NO3S.